The summed E-state index contributed by atoms with van der Waals surface area (Å²) in [5.41, 5.74) is 8.34. The number of benzene rings is 1. The maximum absolute atomic E-state index is 13.7. The quantitative estimate of drug-likeness (QED) is 0.816. The monoisotopic (exact) mass is 219 g/mol. The average molecular weight is 219 g/mol. The van der Waals surface area contributed by atoms with Gasteiger partial charge in [0.2, 0.25) is 0 Å². The Morgan fingerprint density at radius 1 is 1.44 bits per heavy atom. The van der Waals surface area contributed by atoms with Gasteiger partial charge in [-0.3, -0.25) is 4.98 Å². The van der Waals surface area contributed by atoms with E-state index in [-0.39, 0.29) is 5.82 Å². The van der Waals surface area contributed by atoms with Crippen molar-refractivity contribution < 1.29 is 4.39 Å². The van der Waals surface area contributed by atoms with Crippen LogP contribution in [-0.2, 0) is 0 Å². The number of hydrogen-bond acceptors (Lipinski definition) is 3. The minimum atomic E-state index is -0.311. The molecule has 0 amide bonds. The molecule has 0 fully saturated rings. The number of anilines is 2. The largest absolute Gasteiger partial charge is 0.396 e. The predicted octanol–water partition coefficient (Wildman–Crippen LogP) is 2.70. The summed E-state index contributed by atoms with van der Waals surface area (Å²) in [7, 11) is 0. The van der Waals surface area contributed by atoms with Gasteiger partial charge in [0.05, 0.1) is 17.6 Å². The van der Waals surface area contributed by atoms with Gasteiger partial charge in [-0.15, -0.1) is 0 Å². The van der Waals surface area contributed by atoms with E-state index in [4.69, 9.17) is 5.73 Å². The van der Waals surface area contributed by atoms with Crippen LogP contribution in [0, 0.1) is 12.7 Å². The van der Waals surface area contributed by atoms with Crippen LogP contribution in [0.4, 0.5) is 15.8 Å². The van der Waals surface area contributed by atoms with Crippen molar-refractivity contribution in [2.45, 2.75) is 13.8 Å². The molecule has 0 unspecified atom stereocenters. The number of nitrogens with two attached hydrogens (primary N) is 1. The summed E-state index contributed by atoms with van der Waals surface area (Å²) >= 11 is 0. The van der Waals surface area contributed by atoms with Crippen molar-refractivity contribution in [3.63, 3.8) is 0 Å². The maximum atomic E-state index is 13.7. The molecule has 0 radical (unpaired) electrons. The first-order valence-electron chi connectivity index (χ1n) is 5.21. The topological polar surface area (TPSA) is 50.9 Å². The van der Waals surface area contributed by atoms with Crippen molar-refractivity contribution in [3.8, 4) is 0 Å². The zero-order chi connectivity index (χ0) is 11.7. The highest BCUT2D eigenvalue weighted by Gasteiger charge is 2.10. The standard InChI is InChI=1S/C12H14FN3/c1-3-15-12-8-4-7(2)5-9(13)11(8)16-6-10(12)14/h4-6H,3,14H2,1-2H3,(H,15,16). The molecular formula is C12H14FN3. The molecule has 2 rings (SSSR count). The van der Waals surface area contributed by atoms with Gasteiger partial charge < -0.3 is 11.1 Å². The van der Waals surface area contributed by atoms with Gasteiger partial charge in [0.1, 0.15) is 11.3 Å². The van der Waals surface area contributed by atoms with Crippen LogP contribution < -0.4 is 11.1 Å². The average Bonchev–Trinajstić information content (AvgIpc) is 2.22. The molecule has 2 aromatic rings. The van der Waals surface area contributed by atoms with Gasteiger partial charge in [0.15, 0.2) is 0 Å². The van der Waals surface area contributed by atoms with Gasteiger partial charge in [-0.25, -0.2) is 4.39 Å². The molecule has 0 aliphatic carbocycles. The van der Waals surface area contributed by atoms with E-state index in [0.29, 0.717) is 11.2 Å². The normalized spacial score (nSPS) is 10.7. The summed E-state index contributed by atoms with van der Waals surface area (Å²) < 4.78 is 13.7. The van der Waals surface area contributed by atoms with Crippen LogP contribution in [-0.4, -0.2) is 11.5 Å². The van der Waals surface area contributed by atoms with Crippen LogP contribution in [0.1, 0.15) is 12.5 Å². The lowest BCUT2D eigenvalue weighted by atomic mass is 10.1. The highest BCUT2D eigenvalue weighted by molar-refractivity contribution is 5.97. The third kappa shape index (κ3) is 1.66. The summed E-state index contributed by atoms with van der Waals surface area (Å²) in [5, 5.41) is 3.88. The molecular weight excluding hydrogens is 205 g/mol. The minimum absolute atomic E-state index is 0.311. The van der Waals surface area contributed by atoms with Crippen molar-refractivity contribution in [1.29, 1.82) is 0 Å². The molecule has 3 nitrogen and oxygen atoms in total. The molecule has 3 N–H and O–H groups in total. The van der Waals surface area contributed by atoms with E-state index in [1.165, 1.54) is 12.3 Å². The molecule has 0 spiro atoms. The number of nitrogens with zero attached hydrogens (tertiary/aromatic N) is 1. The number of aromatic nitrogens is 1. The van der Waals surface area contributed by atoms with E-state index in [9.17, 15) is 4.39 Å². The van der Waals surface area contributed by atoms with E-state index in [2.05, 4.69) is 10.3 Å². The lowest BCUT2D eigenvalue weighted by Gasteiger charge is -2.11. The molecule has 0 saturated heterocycles. The van der Waals surface area contributed by atoms with Crippen molar-refractivity contribution in [3.05, 3.63) is 29.7 Å². The fourth-order valence-electron chi connectivity index (χ4n) is 1.78. The van der Waals surface area contributed by atoms with Crippen molar-refractivity contribution in [2.75, 3.05) is 17.6 Å². The Morgan fingerprint density at radius 2 is 2.19 bits per heavy atom. The van der Waals surface area contributed by atoms with Gasteiger partial charge in [-0.05, 0) is 31.5 Å². The second-order valence-corrected chi connectivity index (χ2v) is 3.76. The Labute approximate surface area is 93.5 Å². The predicted molar refractivity (Wildman–Crippen MR) is 65.0 cm³/mol. The van der Waals surface area contributed by atoms with Crippen LogP contribution >= 0.6 is 0 Å². The Balaban J connectivity index is 2.80. The molecule has 0 saturated carbocycles. The number of fused-ring (bicyclic) bond motifs is 1. The molecule has 0 aliphatic rings. The van der Waals surface area contributed by atoms with E-state index in [1.54, 1.807) is 0 Å². The highest BCUT2D eigenvalue weighted by Crippen LogP contribution is 2.29. The zero-order valence-corrected chi connectivity index (χ0v) is 9.34. The van der Waals surface area contributed by atoms with Crippen LogP contribution in [0.25, 0.3) is 10.9 Å². The maximum Gasteiger partial charge on any atom is 0.149 e. The fraction of sp³-hybridized carbons (Fsp3) is 0.250. The SMILES string of the molecule is CCNc1c(N)cnc2c(F)cc(C)cc12. The first kappa shape index (κ1) is 10.7. The number of nitrogens with one attached hydrogen (secondary N) is 1. The number of nitrogen functional groups attached to an aromatic ring is 1. The number of pyridine rings is 1. The fourth-order valence-corrected chi connectivity index (χ4v) is 1.78. The summed E-state index contributed by atoms with van der Waals surface area (Å²) in [6, 6.07) is 3.36. The molecule has 84 valence electrons. The van der Waals surface area contributed by atoms with Gasteiger partial charge in [0, 0.05) is 11.9 Å². The van der Waals surface area contributed by atoms with E-state index >= 15 is 0 Å². The summed E-state index contributed by atoms with van der Waals surface area (Å²) in [6.45, 7) is 4.55. The minimum Gasteiger partial charge on any atom is -0.396 e. The molecule has 0 aliphatic heterocycles. The van der Waals surface area contributed by atoms with Crippen molar-refractivity contribution in [2.24, 2.45) is 0 Å². The van der Waals surface area contributed by atoms with Gasteiger partial charge in [-0.1, -0.05) is 0 Å². The molecule has 0 atom stereocenters. The van der Waals surface area contributed by atoms with Crippen molar-refractivity contribution >= 4 is 22.3 Å². The molecule has 1 heterocycles. The van der Waals surface area contributed by atoms with Gasteiger partial charge in [0.25, 0.3) is 0 Å². The third-order valence-corrected chi connectivity index (χ3v) is 2.45. The van der Waals surface area contributed by atoms with E-state index in [1.807, 2.05) is 19.9 Å². The second-order valence-electron chi connectivity index (χ2n) is 3.76. The summed E-state index contributed by atoms with van der Waals surface area (Å²) in [5.74, 6) is -0.311. The van der Waals surface area contributed by atoms with Crippen LogP contribution in [0.5, 0.6) is 0 Å². The molecule has 16 heavy (non-hydrogen) atoms. The number of rotatable bonds is 2. The highest BCUT2D eigenvalue weighted by atomic mass is 19.1. The van der Waals surface area contributed by atoms with Gasteiger partial charge in [-0.2, -0.15) is 0 Å². The Morgan fingerprint density at radius 3 is 2.88 bits per heavy atom. The summed E-state index contributed by atoms with van der Waals surface area (Å²) in [4.78, 5) is 4.02. The molecule has 1 aromatic heterocycles. The smallest absolute Gasteiger partial charge is 0.149 e. The number of aryl methyl sites for hydroxylation is 1. The Bertz CT molecular complexity index is 537. The van der Waals surface area contributed by atoms with Crippen molar-refractivity contribution in [1.82, 2.24) is 4.98 Å². The molecule has 1 aromatic carbocycles. The Kier molecular flexibility index (Phi) is 2.64. The van der Waals surface area contributed by atoms with E-state index in [0.717, 1.165) is 23.2 Å². The number of halogens is 1. The Hall–Kier alpha value is -1.84. The zero-order valence-electron chi connectivity index (χ0n) is 9.34. The lowest BCUT2D eigenvalue weighted by Crippen LogP contribution is -2.03. The molecule has 0 bridgehead atoms. The first-order valence-corrected chi connectivity index (χ1v) is 5.21. The molecule has 4 heteroatoms. The third-order valence-electron chi connectivity index (χ3n) is 2.45. The van der Waals surface area contributed by atoms with Crippen LogP contribution in [0.2, 0.25) is 0 Å². The second kappa shape index (κ2) is 3.96. The first-order chi connectivity index (χ1) is 7.63. The van der Waals surface area contributed by atoms with Gasteiger partial charge >= 0.3 is 0 Å². The lowest BCUT2D eigenvalue weighted by molar-refractivity contribution is 0.636. The number of hydrogen-bond donors (Lipinski definition) is 2. The van der Waals surface area contributed by atoms with Crippen LogP contribution in [0.15, 0.2) is 18.3 Å². The van der Waals surface area contributed by atoms with E-state index < -0.39 is 0 Å². The van der Waals surface area contributed by atoms with Crippen LogP contribution in [0.3, 0.4) is 0 Å². The summed E-state index contributed by atoms with van der Waals surface area (Å²) in [6.07, 6.45) is 1.48.